The first-order valence-electron chi connectivity index (χ1n) is 7.39. The van der Waals surface area contributed by atoms with Crippen LogP contribution in [0.15, 0.2) is 9.21 Å². The van der Waals surface area contributed by atoms with Gasteiger partial charge in [0, 0.05) is 23.5 Å². The zero-order chi connectivity index (χ0) is 16.4. The van der Waals surface area contributed by atoms with Gasteiger partial charge in [0.25, 0.3) is 0 Å². The van der Waals surface area contributed by atoms with Crippen molar-refractivity contribution >= 4 is 5.97 Å². The molecular weight excluding hydrogens is 268 g/mol. The van der Waals surface area contributed by atoms with Crippen LogP contribution in [-0.2, 0) is 16.0 Å². The van der Waals surface area contributed by atoms with Crippen LogP contribution < -0.4 is 5.43 Å². The lowest BCUT2D eigenvalue weighted by atomic mass is 9.97. The van der Waals surface area contributed by atoms with E-state index in [1.165, 1.54) is 0 Å². The molecule has 0 aromatic carbocycles. The molecule has 1 aromatic rings. The van der Waals surface area contributed by atoms with Gasteiger partial charge in [-0.2, -0.15) is 0 Å². The summed E-state index contributed by atoms with van der Waals surface area (Å²) in [6.07, 6.45) is 0.669. The SMILES string of the molecule is CCc1oc(C(C)COC(=O)C(C)(C)C)c(C)c(=O)c1C. The van der Waals surface area contributed by atoms with Gasteiger partial charge in [-0.15, -0.1) is 0 Å². The second-order valence-corrected chi connectivity index (χ2v) is 6.57. The highest BCUT2D eigenvalue weighted by Crippen LogP contribution is 2.23. The minimum atomic E-state index is -0.530. The zero-order valence-corrected chi connectivity index (χ0v) is 14.1. The van der Waals surface area contributed by atoms with Gasteiger partial charge < -0.3 is 9.15 Å². The van der Waals surface area contributed by atoms with Crippen molar-refractivity contribution < 1.29 is 13.9 Å². The average Bonchev–Trinajstić information content (AvgIpc) is 2.41. The molecule has 0 N–H and O–H groups in total. The fourth-order valence-corrected chi connectivity index (χ4v) is 2.11. The van der Waals surface area contributed by atoms with Crippen molar-refractivity contribution in [1.82, 2.24) is 0 Å². The van der Waals surface area contributed by atoms with E-state index in [2.05, 4.69) is 0 Å². The predicted molar refractivity (Wildman–Crippen MR) is 82.7 cm³/mol. The Morgan fingerprint density at radius 3 is 2.29 bits per heavy atom. The first-order valence-corrected chi connectivity index (χ1v) is 7.39. The quantitative estimate of drug-likeness (QED) is 0.797. The molecule has 1 heterocycles. The summed E-state index contributed by atoms with van der Waals surface area (Å²) < 4.78 is 11.2. The molecule has 0 saturated carbocycles. The molecule has 0 aliphatic rings. The number of rotatable bonds is 4. The van der Waals surface area contributed by atoms with Gasteiger partial charge >= 0.3 is 5.97 Å². The van der Waals surface area contributed by atoms with Crippen LogP contribution in [0.3, 0.4) is 0 Å². The fourth-order valence-electron chi connectivity index (χ4n) is 2.11. The van der Waals surface area contributed by atoms with Crippen molar-refractivity contribution in [2.45, 2.75) is 60.8 Å². The van der Waals surface area contributed by atoms with Crippen LogP contribution in [0.4, 0.5) is 0 Å². The lowest BCUT2D eigenvalue weighted by Crippen LogP contribution is -2.25. The van der Waals surface area contributed by atoms with Crippen LogP contribution in [-0.4, -0.2) is 12.6 Å². The van der Waals surface area contributed by atoms with E-state index in [1.807, 2.05) is 34.6 Å². The summed E-state index contributed by atoms with van der Waals surface area (Å²) in [5, 5.41) is 0. The number of ether oxygens (including phenoxy) is 1. The van der Waals surface area contributed by atoms with E-state index in [-0.39, 0.29) is 23.9 Å². The molecular formula is C17H26O4. The Kier molecular flexibility index (Phi) is 5.37. The van der Waals surface area contributed by atoms with Gasteiger partial charge in [0.05, 0.1) is 5.41 Å². The number of hydrogen-bond acceptors (Lipinski definition) is 4. The summed E-state index contributed by atoms with van der Waals surface area (Å²) in [4.78, 5) is 24.0. The largest absolute Gasteiger partial charge is 0.465 e. The van der Waals surface area contributed by atoms with Crippen LogP contribution in [0.1, 0.15) is 63.2 Å². The first-order chi connectivity index (χ1) is 9.59. The summed E-state index contributed by atoms with van der Waals surface area (Å²) in [5.74, 6) is 0.922. The van der Waals surface area contributed by atoms with Crippen molar-refractivity contribution in [3.8, 4) is 0 Å². The minimum absolute atomic E-state index is 0.0158. The maximum absolute atomic E-state index is 12.2. The van der Waals surface area contributed by atoms with Crippen LogP contribution in [0.5, 0.6) is 0 Å². The van der Waals surface area contributed by atoms with E-state index in [0.29, 0.717) is 29.1 Å². The fraction of sp³-hybridized carbons (Fsp3) is 0.647. The highest BCUT2D eigenvalue weighted by molar-refractivity contribution is 5.75. The molecule has 0 radical (unpaired) electrons. The summed E-state index contributed by atoms with van der Waals surface area (Å²) in [6.45, 7) is 13.0. The molecule has 1 rings (SSSR count). The molecule has 0 fully saturated rings. The molecule has 1 aromatic heterocycles. The Hall–Kier alpha value is -1.58. The van der Waals surface area contributed by atoms with E-state index in [9.17, 15) is 9.59 Å². The lowest BCUT2D eigenvalue weighted by molar-refractivity contribution is -0.153. The molecule has 0 bridgehead atoms. The maximum atomic E-state index is 12.2. The Morgan fingerprint density at radius 1 is 1.24 bits per heavy atom. The Labute approximate surface area is 126 Å². The third-order valence-corrected chi connectivity index (χ3v) is 3.55. The van der Waals surface area contributed by atoms with Crippen molar-refractivity contribution in [2.24, 2.45) is 5.41 Å². The second kappa shape index (κ2) is 6.46. The predicted octanol–water partition coefficient (Wildman–Crippen LogP) is 3.51. The van der Waals surface area contributed by atoms with Crippen molar-refractivity contribution in [3.05, 3.63) is 32.9 Å². The van der Waals surface area contributed by atoms with E-state index in [1.54, 1.807) is 13.8 Å². The summed E-state index contributed by atoms with van der Waals surface area (Å²) in [5.41, 5.74) is 0.751. The number of hydrogen-bond donors (Lipinski definition) is 0. The molecule has 0 spiro atoms. The molecule has 0 amide bonds. The lowest BCUT2D eigenvalue weighted by Gasteiger charge is -2.20. The Morgan fingerprint density at radius 2 is 1.81 bits per heavy atom. The zero-order valence-electron chi connectivity index (χ0n) is 14.1. The van der Waals surface area contributed by atoms with Crippen LogP contribution in [0.25, 0.3) is 0 Å². The van der Waals surface area contributed by atoms with Crippen LogP contribution in [0, 0.1) is 19.3 Å². The van der Waals surface area contributed by atoms with Gasteiger partial charge in [0.15, 0.2) is 5.43 Å². The smallest absolute Gasteiger partial charge is 0.311 e. The van der Waals surface area contributed by atoms with Crippen LogP contribution in [0.2, 0.25) is 0 Å². The number of carbonyl (C=O) groups excluding carboxylic acids is 1. The molecule has 1 atom stereocenters. The van der Waals surface area contributed by atoms with Gasteiger partial charge in [0.2, 0.25) is 0 Å². The monoisotopic (exact) mass is 294 g/mol. The van der Waals surface area contributed by atoms with Gasteiger partial charge in [-0.25, -0.2) is 0 Å². The molecule has 0 saturated heterocycles. The van der Waals surface area contributed by atoms with Gasteiger partial charge in [-0.05, 0) is 34.6 Å². The molecule has 0 aliphatic carbocycles. The maximum Gasteiger partial charge on any atom is 0.311 e. The van der Waals surface area contributed by atoms with Gasteiger partial charge in [-0.1, -0.05) is 13.8 Å². The first kappa shape index (κ1) is 17.5. The van der Waals surface area contributed by atoms with E-state index in [0.717, 1.165) is 0 Å². The summed E-state index contributed by atoms with van der Waals surface area (Å²) in [6, 6.07) is 0. The van der Waals surface area contributed by atoms with Gasteiger partial charge in [0.1, 0.15) is 18.1 Å². The third kappa shape index (κ3) is 3.96. The summed E-state index contributed by atoms with van der Waals surface area (Å²) >= 11 is 0. The highest BCUT2D eigenvalue weighted by atomic mass is 16.5. The van der Waals surface area contributed by atoms with Crippen molar-refractivity contribution in [1.29, 1.82) is 0 Å². The number of esters is 1. The van der Waals surface area contributed by atoms with Crippen molar-refractivity contribution in [3.63, 3.8) is 0 Å². The van der Waals surface area contributed by atoms with Crippen molar-refractivity contribution in [2.75, 3.05) is 6.61 Å². The normalized spacial score (nSPS) is 13.1. The molecule has 118 valence electrons. The molecule has 4 nitrogen and oxygen atoms in total. The van der Waals surface area contributed by atoms with Crippen LogP contribution >= 0.6 is 0 Å². The molecule has 1 unspecified atom stereocenters. The topological polar surface area (TPSA) is 56.5 Å². The highest BCUT2D eigenvalue weighted by Gasteiger charge is 2.25. The second-order valence-electron chi connectivity index (χ2n) is 6.57. The minimum Gasteiger partial charge on any atom is -0.465 e. The summed E-state index contributed by atoms with van der Waals surface area (Å²) in [7, 11) is 0. The number of carbonyl (C=O) groups is 1. The van der Waals surface area contributed by atoms with E-state index >= 15 is 0 Å². The number of aryl methyl sites for hydroxylation is 1. The molecule has 4 heteroatoms. The third-order valence-electron chi connectivity index (χ3n) is 3.55. The molecule has 0 aliphatic heterocycles. The van der Waals surface area contributed by atoms with E-state index in [4.69, 9.17) is 9.15 Å². The van der Waals surface area contributed by atoms with Gasteiger partial charge in [-0.3, -0.25) is 9.59 Å². The Balaban J connectivity index is 2.98. The standard InChI is InChI=1S/C17H26O4/c1-8-13-11(3)14(18)12(4)15(21-13)10(2)9-20-16(19)17(5,6)7/h10H,8-9H2,1-7H3. The van der Waals surface area contributed by atoms with E-state index < -0.39 is 5.41 Å². The average molecular weight is 294 g/mol. The molecule has 21 heavy (non-hydrogen) atoms. The Bertz CT molecular complexity index is 576.